The van der Waals surface area contributed by atoms with Crippen molar-refractivity contribution in [1.29, 1.82) is 0 Å². The molecule has 0 spiro atoms. The summed E-state index contributed by atoms with van der Waals surface area (Å²) in [6, 6.07) is 6.80. The Morgan fingerprint density at radius 1 is 1.39 bits per heavy atom. The minimum atomic E-state index is -0.948. The third kappa shape index (κ3) is 3.08. The van der Waals surface area contributed by atoms with Gasteiger partial charge in [0, 0.05) is 15.6 Å². The van der Waals surface area contributed by atoms with E-state index in [0.717, 1.165) is 9.50 Å². The second-order valence-corrected chi connectivity index (χ2v) is 5.47. The van der Waals surface area contributed by atoms with Crippen molar-refractivity contribution in [1.82, 2.24) is 9.97 Å². The highest BCUT2D eigenvalue weighted by atomic mass is 79.9. The predicted molar refractivity (Wildman–Crippen MR) is 72.0 cm³/mol. The number of aromatic carboxylic acids is 1. The van der Waals surface area contributed by atoms with Gasteiger partial charge in [-0.05, 0) is 31.2 Å². The van der Waals surface area contributed by atoms with E-state index in [0.29, 0.717) is 10.7 Å². The molecule has 1 aromatic carbocycles. The van der Waals surface area contributed by atoms with Crippen molar-refractivity contribution in [3.05, 3.63) is 46.3 Å². The lowest BCUT2D eigenvalue weighted by atomic mass is 10.2. The van der Waals surface area contributed by atoms with Gasteiger partial charge in [0.1, 0.15) is 10.9 Å². The normalized spacial score (nSPS) is 10.3. The number of halogens is 1. The molecule has 1 aromatic heterocycles. The molecule has 0 atom stereocenters. The number of carboxylic acid groups (broad SMARTS) is 1. The zero-order valence-electron chi connectivity index (χ0n) is 9.42. The Morgan fingerprint density at radius 2 is 2.17 bits per heavy atom. The summed E-state index contributed by atoms with van der Waals surface area (Å²) >= 11 is 4.64. The van der Waals surface area contributed by atoms with E-state index in [2.05, 4.69) is 25.9 Å². The molecule has 2 rings (SSSR count). The first-order valence-corrected chi connectivity index (χ1v) is 6.67. The number of aromatic nitrogens is 2. The summed E-state index contributed by atoms with van der Waals surface area (Å²) in [5.41, 5.74) is 0.263. The average molecular weight is 325 g/mol. The van der Waals surface area contributed by atoms with Gasteiger partial charge in [-0.15, -0.1) is 0 Å². The van der Waals surface area contributed by atoms with Gasteiger partial charge >= 0.3 is 5.97 Å². The van der Waals surface area contributed by atoms with Crippen LogP contribution in [-0.2, 0) is 0 Å². The van der Waals surface area contributed by atoms with Crippen molar-refractivity contribution in [3.8, 4) is 0 Å². The fourth-order valence-electron chi connectivity index (χ4n) is 1.36. The summed E-state index contributed by atoms with van der Waals surface area (Å²) in [5.74, 6) is -0.289. The summed E-state index contributed by atoms with van der Waals surface area (Å²) in [6.45, 7) is 1.79. The van der Waals surface area contributed by atoms with Crippen LogP contribution in [0.25, 0.3) is 0 Å². The summed E-state index contributed by atoms with van der Waals surface area (Å²) in [7, 11) is 0. The molecule has 0 fully saturated rings. The van der Waals surface area contributed by atoms with Crippen LogP contribution in [0.15, 0.2) is 44.9 Å². The molecular weight excluding hydrogens is 316 g/mol. The highest BCUT2D eigenvalue weighted by molar-refractivity contribution is 9.10. The lowest BCUT2D eigenvalue weighted by Crippen LogP contribution is -1.99. The Kier molecular flexibility index (Phi) is 3.98. The molecule has 0 saturated heterocycles. The van der Waals surface area contributed by atoms with Gasteiger partial charge in [0.05, 0.1) is 5.56 Å². The molecule has 18 heavy (non-hydrogen) atoms. The van der Waals surface area contributed by atoms with Crippen LogP contribution in [0.2, 0.25) is 0 Å². The van der Waals surface area contributed by atoms with Gasteiger partial charge < -0.3 is 5.11 Å². The predicted octanol–water partition coefficient (Wildman–Crippen LogP) is 3.40. The first-order chi connectivity index (χ1) is 8.56. The molecule has 2 aromatic rings. The smallest absolute Gasteiger partial charge is 0.336 e. The molecule has 6 heteroatoms. The summed E-state index contributed by atoms with van der Waals surface area (Å²) in [5, 5.41) is 9.85. The zero-order valence-corrected chi connectivity index (χ0v) is 11.8. The minimum absolute atomic E-state index is 0.263. The molecule has 0 bridgehead atoms. The third-order valence-electron chi connectivity index (χ3n) is 2.14. The number of aryl methyl sites for hydroxylation is 1. The number of rotatable bonds is 3. The molecule has 0 amide bonds. The van der Waals surface area contributed by atoms with Crippen LogP contribution in [-0.4, -0.2) is 21.0 Å². The van der Waals surface area contributed by atoms with E-state index < -0.39 is 5.97 Å². The Morgan fingerprint density at radius 3 is 2.83 bits per heavy atom. The molecule has 0 saturated carbocycles. The monoisotopic (exact) mass is 324 g/mol. The fraction of sp³-hybridized carbons (Fsp3) is 0.0833. The van der Waals surface area contributed by atoms with Crippen LogP contribution in [0.3, 0.4) is 0 Å². The molecule has 0 aliphatic rings. The van der Waals surface area contributed by atoms with Gasteiger partial charge in [-0.25, -0.2) is 14.8 Å². The molecule has 0 unspecified atom stereocenters. The zero-order chi connectivity index (χ0) is 13.1. The quantitative estimate of drug-likeness (QED) is 0.877. The van der Waals surface area contributed by atoms with Crippen molar-refractivity contribution < 1.29 is 9.90 Å². The lowest BCUT2D eigenvalue weighted by molar-refractivity contribution is 0.0693. The lowest BCUT2D eigenvalue weighted by Gasteiger charge is -2.06. The van der Waals surface area contributed by atoms with Crippen molar-refractivity contribution in [2.45, 2.75) is 16.8 Å². The molecule has 4 nitrogen and oxygen atoms in total. The number of benzene rings is 1. The average Bonchev–Trinajstić information content (AvgIpc) is 2.28. The molecule has 0 aliphatic heterocycles. The van der Waals surface area contributed by atoms with Gasteiger partial charge in [0.15, 0.2) is 0 Å². The highest BCUT2D eigenvalue weighted by Crippen LogP contribution is 2.31. The van der Waals surface area contributed by atoms with Crippen molar-refractivity contribution in [3.63, 3.8) is 0 Å². The van der Waals surface area contributed by atoms with Gasteiger partial charge in [-0.2, -0.15) is 0 Å². The first-order valence-electron chi connectivity index (χ1n) is 5.06. The van der Waals surface area contributed by atoms with Crippen LogP contribution in [0.1, 0.15) is 16.2 Å². The second-order valence-electron chi connectivity index (χ2n) is 3.49. The first kappa shape index (κ1) is 13.0. The summed E-state index contributed by atoms with van der Waals surface area (Å²) in [6.07, 6.45) is 1.66. The maximum absolute atomic E-state index is 11.1. The number of carboxylic acids is 1. The van der Waals surface area contributed by atoms with Gasteiger partial charge in [0.2, 0.25) is 0 Å². The summed E-state index contributed by atoms with van der Waals surface area (Å²) < 4.78 is 0.834. The van der Waals surface area contributed by atoms with E-state index in [9.17, 15) is 4.79 Å². The third-order valence-corrected chi connectivity index (χ3v) is 3.63. The highest BCUT2D eigenvalue weighted by Gasteiger charge is 2.12. The maximum Gasteiger partial charge on any atom is 0.336 e. The van der Waals surface area contributed by atoms with Crippen LogP contribution in [0.5, 0.6) is 0 Å². The standard InChI is InChI=1S/C12H9BrN2O2S/c1-7-14-5-4-11(15-7)18-10-6-8(13)2-3-9(10)12(16)17/h2-6H,1H3,(H,16,17). The van der Waals surface area contributed by atoms with Gasteiger partial charge in [0.25, 0.3) is 0 Å². The van der Waals surface area contributed by atoms with E-state index >= 15 is 0 Å². The minimum Gasteiger partial charge on any atom is -0.478 e. The van der Waals surface area contributed by atoms with Crippen molar-refractivity contribution >= 4 is 33.7 Å². The molecule has 0 aliphatic carbocycles. The number of hydrogen-bond acceptors (Lipinski definition) is 4. The SMILES string of the molecule is Cc1nccc(Sc2cc(Br)ccc2C(=O)O)n1. The van der Waals surface area contributed by atoms with Crippen LogP contribution < -0.4 is 0 Å². The van der Waals surface area contributed by atoms with Crippen LogP contribution >= 0.6 is 27.7 Å². The van der Waals surface area contributed by atoms with Gasteiger partial charge in [-0.1, -0.05) is 27.7 Å². The summed E-state index contributed by atoms with van der Waals surface area (Å²) in [4.78, 5) is 20.0. The van der Waals surface area contributed by atoms with E-state index in [1.165, 1.54) is 11.8 Å². The van der Waals surface area contributed by atoms with E-state index in [-0.39, 0.29) is 5.56 Å². The number of nitrogens with zero attached hydrogens (tertiary/aromatic N) is 2. The Bertz CT molecular complexity index is 604. The van der Waals surface area contributed by atoms with Crippen molar-refractivity contribution in [2.24, 2.45) is 0 Å². The van der Waals surface area contributed by atoms with Crippen molar-refractivity contribution in [2.75, 3.05) is 0 Å². The van der Waals surface area contributed by atoms with Gasteiger partial charge in [-0.3, -0.25) is 0 Å². The topological polar surface area (TPSA) is 63.1 Å². The molecule has 1 heterocycles. The molecular formula is C12H9BrN2O2S. The second kappa shape index (κ2) is 5.49. The van der Waals surface area contributed by atoms with Crippen LogP contribution in [0.4, 0.5) is 0 Å². The van der Waals surface area contributed by atoms with E-state index in [4.69, 9.17) is 5.11 Å². The van der Waals surface area contributed by atoms with Crippen LogP contribution in [0, 0.1) is 6.92 Å². The maximum atomic E-state index is 11.1. The van der Waals surface area contributed by atoms with E-state index in [1.807, 2.05) is 0 Å². The Labute approximate surface area is 117 Å². The number of carbonyl (C=O) groups is 1. The molecule has 0 radical (unpaired) electrons. The van der Waals surface area contributed by atoms with E-state index in [1.54, 1.807) is 37.4 Å². The fourth-order valence-corrected chi connectivity index (χ4v) is 2.86. The molecule has 1 N–H and O–H groups in total. The Balaban J connectivity index is 2.39. The molecule has 92 valence electrons. The Hall–Kier alpha value is -1.40. The largest absolute Gasteiger partial charge is 0.478 e. The number of hydrogen-bond donors (Lipinski definition) is 1.